The zero-order valence-electron chi connectivity index (χ0n) is 23.1. The molecule has 0 aliphatic heterocycles. The van der Waals surface area contributed by atoms with E-state index in [0.29, 0.717) is 16.7 Å². The molecule has 4 aliphatic carbocycles. The van der Waals surface area contributed by atoms with Gasteiger partial charge in [-0.25, -0.2) is 0 Å². The number of allylic oxidation sites excluding steroid dienone is 2. The van der Waals surface area contributed by atoms with E-state index >= 15 is 0 Å². The minimum Gasteiger partial charge on any atom is -0.462 e. The van der Waals surface area contributed by atoms with Crippen LogP contribution in [0.25, 0.3) is 0 Å². The molecule has 0 aromatic rings. The molecule has 0 spiro atoms. The second-order valence-corrected chi connectivity index (χ2v) is 13.9. The van der Waals surface area contributed by atoms with Gasteiger partial charge in [-0.1, -0.05) is 85.8 Å². The first-order chi connectivity index (χ1) is 15.4. The Kier molecular flexibility index (Phi) is 6.67. The molecule has 3 saturated carbocycles. The van der Waals surface area contributed by atoms with E-state index in [-0.39, 0.29) is 22.9 Å². The second-order valence-electron chi connectivity index (χ2n) is 13.9. The Labute approximate surface area is 204 Å². The minimum absolute atomic E-state index is 0.0398. The van der Waals surface area contributed by atoms with Crippen LogP contribution < -0.4 is 0 Å². The van der Waals surface area contributed by atoms with Crippen LogP contribution in [0, 0.1) is 45.3 Å². The standard InChI is InChI=1S/C31H52O2/c1-9-10-11-12-21(2)23-15-19-31(8)25-13-14-26-28(4,5)27(33-22(3)32)17-18-29(26,6)24(25)16-20-30(23,31)7/h16,21,23,25-27H,9-15,17-20H2,1-8H3/t21-,23?,25?,26?,27-,29+,30+,31-/m0/s1. The van der Waals surface area contributed by atoms with Gasteiger partial charge in [0, 0.05) is 12.3 Å². The van der Waals surface area contributed by atoms with Crippen LogP contribution in [0.5, 0.6) is 0 Å². The largest absolute Gasteiger partial charge is 0.462 e. The van der Waals surface area contributed by atoms with Gasteiger partial charge in [0.05, 0.1) is 0 Å². The fourth-order valence-electron chi connectivity index (χ4n) is 9.99. The third-order valence-corrected chi connectivity index (χ3v) is 12.1. The van der Waals surface area contributed by atoms with E-state index in [2.05, 4.69) is 54.5 Å². The van der Waals surface area contributed by atoms with Crippen LogP contribution in [0.2, 0.25) is 0 Å². The van der Waals surface area contributed by atoms with E-state index in [0.717, 1.165) is 24.2 Å². The summed E-state index contributed by atoms with van der Waals surface area (Å²) in [5.74, 6) is 2.95. The van der Waals surface area contributed by atoms with Gasteiger partial charge in [-0.3, -0.25) is 4.79 Å². The molecular weight excluding hydrogens is 404 g/mol. The molecule has 0 saturated heterocycles. The lowest BCUT2D eigenvalue weighted by Crippen LogP contribution is -2.58. The summed E-state index contributed by atoms with van der Waals surface area (Å²) in [7, 11) is 0. The molecule has 0 aromatic heterocycles. The summed E-state index contributed by atoms with van der Waals surface area (Å²) in [5.41, 5.74) is 2.98. The first kappa shape index (κ1) is 25.3. The highest BCUT2D eigenvalue weighted by Gasteiger charge is 2.65. The zero-order chi connectivity index (χ0) is 24.2. The topological polar surface area (TPSA) is 26.3 Å². The van der Waals surface area contributed by atoms with E-state index < -0.39 is 0 Å². The highest BCUT2D eigenvalue weighted by Crippen LogP contribution is 2.73. The fraction of sp³-hybridized carbons (Fsp3) is 0.903. The summed E-state index contributed by atoms with van der Waals surface area (Å²) in [6.07, 6.45) is 17.3. The lowest BCUT2D eigenvalue weighted by Gasteiger charge is -2.64. The normalized spacial score (nSPS) is 44.8. The second kappa shape index (κ2) is 8.70. The van der Waals surface area contributed by atoms with Crippen molar-refractivity contribution < 1.29 is 9.53 Å². The molecule has 4 rings (SSSR count). The van der Waals surface area contributed by atoms with Gasteiger partial charge in [0.15, 0.2) is 0 Å². The van der Waals surface area contributed by atoms with Crippen LogP contribution in [-0.2, 0) is 9.53 Å². The molecule has 0 radical (unpaired) electrons. The monoisotopic (exact) mass is 456 g/mol. The predicted molar refractivity (Wildman–Crippen MR) is 138 cm³/mol. The Morgan fingerprint density at radius 2 is 1.76 bits per heavy atom. The van der Waals surface area contributed by atoms with E-state index in [1.165, 1.54) is 64.2 Å². The van der Waals surface area contributed by atoms with Crippen molar-refractivity contribution in [3.05, 3.63) is 11.6 Å². The third-order valence-electron chi connectivity index (χ3n) is 12.1. The Morgan fingerprint density at radius 3 is 2.42 bits per heavy atom. The van der Waals surface area contributed by atoms with Gasteiger partial charge in [0.1, 0.15) is 6.10 Å². The molecule has 0 heterocycles. The van der Waals surface area contributed by atoms with Gasteiger partial charge >= 0.3 is 5.97 Å². The molecule has 2 heteroatoms. The summed E-state index contributed by atoms with van der Waals surface area (Å²) < 4.78 is 5.86. The molecule has 33 heavy (non-hydrogen) atoms. The average Bonchev–Trinajstić information content (AvgIpc) is 3.02. The summed E-state index contributed by atoms with van der Waals surface area (Å²) in [5, 5.41) is 0. The average molecular weight is 457 g/mol. The summed E-state index contributed by atoms with van der Waals surface area (Å²) in [6.45, 7) is 19.1. The van der Waals surface area contributed by atoms with Gasteiger partial charge in [-0.15, -0.1) is 0 Å². The number of fused-ring (bicyclic) bond motifs is 5. The van der Waals surface area contributed by atoms with Crippen molar-refractivity contribution in [1.29, 1.82) is 0 Å². The van der Waals surface area contributed by atoms with Crippen molar-refractivity contribution >= 4 is 5.97 Å². The summed E-state index contributed by atoms with van der Waals surface area (Å²) in [4.78, 5) is 11.8. The first-order valence-corrected chi connectivity index (χ1v) is 14.3. The van der Waals surface area contributed by atoms with Crippen molar-refractivity contribution in [1.82, 2.24) is 0 Å². The fourth-order valence-corrected chi connectivity index (χ4v) is 9.99. The van der Waals surface area contributed by atoms with Crippen LogP contribution >= 0.6 is 0 Å². The Hall–Kier alpha value is -0.790. The van der Waals surface area contributed by atoms with Gasteiger partial charge in [-0.2, -0.15) is 0 Å². The number of rotatable bonds is 6. The molecule has 3 unspecified atom stereocenters. The quantitative estimate of drug-likeness (QED) is 0.227. The molecule has 0 N–H and O–H groups in total. The molecule has 0 amide bonds. The van der Waals surface area contributed by atoms with Crippen LogP contribution in [0.1, 0.15) is 126 Å². The smallest absolute Gasteiger partial charge is 0.302 e. The Bertz CT molecular complexity index is 780. The van der Waals surface area contributed by atoms with Gasteiger partial charge in [0.2, 0.25) is 0 Å². The lowest BCUT2D eigenvalue weighted by molar-refractivity contribution is -0.170. The molecular formula is C31H52O2. The Morgan fingerprint density at radius 1 is 1.03 bits per heavy atom. The van der Waals surface area contributed by atoms with Crippen molar-refractivity contribution in [2.24, 2.45) is 45.3 Å². The molecule has 3 fully saturated rings. The van der Waals surface area contributed by atoms with Crippen molar-refractivity contribution in [3.63, 3.8) is 0 Å². The highest BCUT2D eigenvalue weighted by molar-refractivity contribution is 5.66. The lowest BCUT2D eigenvalue weighted by atomic mass is 9.41. The molecule has 0 aromatic carbocycles. The molecule has 2 nitrogen and oxygen atoms in total. The third kappa shape index (κ3) is 3.76. The number of ether oxygens (including phenoxy) is 1. The number of carbonyl (C=O) groups excluding carboxylic acids is 1. The van der Waals surface area contributed by atoms with Crippen molar-refractivity contribution in [2.75, 3.05) is 0 Å². The van der Waals surface area contributed by atoms with E-state index in [1.54, 1.807) is 12.5 Å². The zero-order valence-corrected chi connectivity index (χ0v) is 23.1. The number of esters is 1. The maximum atomic E-state index is 11.8. The Balaban J connectivity index is 1.62. The summed E-state index contributed by atoms with van der Waals surface area (Å²) >= 11 is 0. The van der Waals surface area contributed by atoms with E-state index in [9.17, 15) is 4.79 Å². The van der Waals surface area contributed by atoms with Gasteiger partial charge in [-0.05, 0) is 84.9 Å². The number of hydrogen-bond donors (Lipinski definition) is 0. The number of hydrogen-bond acceptors (Lipinski definition) is 2. The van der Waals surface area contributed by atoms with Crippen LogP contribution in [0.4, 0.5) is 0 Å². The molecule has 188 valence electrons. The van der Waals surface area contributed by atoms with Crippen molar-refractivity contribution in [3.8, 4) is 0 Å². The van der Waals surface area contributed by atoms with E-state index in [4.69, 9.17) is 4.74 Å². The van der Waals surface area contributed by atoms with E-state index in [1.807, 2.05) is 0 Å². The maximum Gasteiger partial charge on any atom is 0.302 e. The number of carbonyl (C=O) groups is 1. The van der Waals surface area contributed by atoms with Gasteiger partial charge < -0.3 is 4.74 Å². The summed E-state index contributed by atoms with van der Waals surface area (Å²) in [6, 6.07) is 0. The van der Waals surface area contributed by atoms with Crippen LogP contribution in [-0.4, -0.2) is 12.1 Å². The van der Waals surface area contributed by atoms with Crippen LogP contribution in [0.15, 0.2) is 11.6 Å². The minimum atomic E-state index is -0.115. The van der Waals surface area contributed by atoms with Crippen LogP contribution in [0.3, 0.4) is 0 Å². The molecule has 8 atom stereocenters. The molecule has 4 aliphatic rings. The highest BCUT2D eigenvalue weighted by atomic mass is 16.5. The maximum absolute atomic E-state index is 11.8. The molecule has 0 bridgehead atoms. The SMILES string of the molecule is CCCCC[C@H](C)C1CC[C@@]2(C)C3CCC4C(C)(C)[C@@H](OC(C)=O)CC[C@]4(C)C3=CC[C@]12C. The van der Waals surface area contributed by atoms with Gasteiger partial charge in [0.25, 0.3) is 0 Å². The number of unbranched alkanes of at least 4 members (excludes halogenated alkanes) is 2. The van der Waals surface area contributed by atoms with Crippen molar-refractivity contribution in [2.45, 2.75) is 132 Å². The predicted octanol–water partition coefficient (Wildman–Crippen LogP) is 8.74. The first-order valence-electron chi connectivity index (χ1n) is 14.3.